The average Bonchev–Trinajstić information content (AvgIpc) is 2.20. The number of aliphatic hydroxyl groups excluding tert-OH is 2. The molecule has 0 spiro atoms. The van der Waals surface area contributed by atoms with Crippen molar-refractivity contribution in [3.63, 3.8) is 0 Å². The lowest BCUT2D eigenvalue weighted by atomic mass is 10.1. The van der Waals surface area contributed by atoms with Gasteiger partial charge in [0.15, 0.2) is 17.7 Å². The monoisotopic (exact) mass is 199 g/mol. The lowest BCUT2D eigenvalue weighted by Crippen LogP contribution is -2.15. The Labute approximate surface area is 78.8 Å². The number of hydrogen-bond acceptors (Lipinski definition) is 3. The Morgan fingerprint density at radius 1 is 1.21 bits per heavy atom. The maximum atomic E-state index is 12.7. The molecule has 5 heteroatoms. The molecule has 14 heavy (non-hydrogen) atoms. The molecular weight excluding hydrogens is 192 g/mol. The summed E-state index contributed by atoms with van der Waals surface area (Å²) in [6, 6.07) is 4.04. The third kappa shape index (κ3) is 2.05. The van der Waals surface area contributed by atoms with Crippen molar-refractivity contribution in [2.75, 3.05) is 0 Å². The van der Waals surface area contributed by atoms with Gasteiger partial charge in [0.1, 0.15) is 6.10 Å². The second-order valence-corrected chi connectivity index (χ2v) is 2.69. The van der Waals surface area contributed by atoms with Crippen molar-refractivity contribution < 1.29 is 19.0 Å². The van der Waals surface area contributed by atoms with E-state index in [9.17, 15) is 13.9 Å². The fourth-order valence-corrected chi connectivity index (χ4v) is 0.949. The van der Waals surface area contributed by atoms with Gasteiger partial charge in [-0.1, -0.05) is 6.07 Å². The first-order chi connectivity index (χ1) is 6.56. The summed E-state index contributed by atoms with van der Waals surface area (Å²) in [5.74, 6) is -2.18. The minimum absolute atomic E-state index is 0.0436. The largest absolute Gasteiger partial charge is 0.385 e. The number of halogens is 2. The van der Waals surface area contributed by atoms with Crippen molar-refractivity contribution in [3.05, 3.63) is 35.4 Å². The molecule has 0 amide bonds. The van der Waals surface area contributed by atoms with Gasteiger partial charge in [0.05, 0.1) is 6.07 Å². The van der Waals surface area contributed by atoms with Gasteiger partial charge in [0, 0.05) is 0 Å². The Hall–Kier alpha value is -1.51. The third-order valence-corrected chi connectivity index (χ3v) is 1.72. The van der Waals surface area contributed by atoms with Gasteiger partial charge in [-0.3, -0.25) is 0 Å². The maximum Gasteiger partial charge on any atom is 0.170 e. The summed E-state index contributed by atoms with van der Waals surface area (Å²) in [7, 11) is 0. The van der Waals surface area contributed by atoms with Crippen LogP contribution in [0.4, 0.5) is 8.78 Å². The highest BCUT2D eigenvalue weighted by molar-refractivity contribution is 5.22. The van der Waals surface area contributed by atoms with Crippen molar-refractivity contribution in [1.82, 2.24) is 0 Å². The predicted octanol–water partition coefficient (Wildman–Crippen LogP) is 0.883. The van der Waals surface area contributed by atoms with Gasteiger partial charge >= 0.3 is 0 Å². The standard InChI is InChI=1S/C9H7F2NO2/c10-6-2-1-5(3-7(6)11)9(14)8(13)4-12/h1-3,8-9,13-14H. The van der Waals surface area contributed by atoms with E-state index < -0.39 is 23.8 Å². The Balaban J connectivity index is 2.98. The molecule has 0 heterocycles. The average molecular weight is 199 g/mol. The molecule has 0 aromatic heterocycles. The van der Waals surface area contributed by atoms with Crippen LogP contribution in [0.5, 0.6) is 0 Å². The van der Waals surface area contributed by atoms with Crippen LogP contribution in [0.25, 0.3) is 0 Å². The molecule has 0 aliphatic heterocycles. The molecule has 1 aromatic carbocycles. The molecule has 0 fully saturated rings. The van der Waals surface area contributed by atoms with E-state index in [0.717, 1.165) is 18.2 Å². The molecule has 1 aromatic rings. The van der Waals surface area contributed by atoms with Gasteiger partial charge < -0.3 is 10.2 Å². The van der Waals surface area contributed by atoms with Gasteiger partial charge in [-0.25, -0.2) is 8.78 Å². The van der Waals surface area contributed by atoms with Crippen LogP contribution < -0.4 is 0 Å². The highest BCUT2D eigenvalue weighted by atomic mass is 19.2. The van der Waals surface area contributed by atoms with Crippen LogP contribution >= 0.6 is 0 Å². The highest BCUT2D eigenvalue weighted by Crippen LogP contribution is 2.18. The summed E-state index contributed by atoms with van der Waals surface area (Å²) in [5.41, 5.74) is -0.0436. The van der Waals surface area contributed by atoms with E-state index in [-0.39, 0.29) is 5.56 Å². The fourth-order valence-electron chi connectivity index (χ4n) is 0.949. The van der Waals surface area contributed by atoms with E-state index >= 15 is 0 Å². The number of nitriles is 1. The molecule has 2 N–H and O–H groups in total. The number of hydrogen-bond donors (Lipinski definition) is 2. The zero-order valence-electron chi connectivity index (χ0n) is 6.98. The van der Waals surface area contributed by atoms with E-state index in [1.807, 2.05) is 0 Å². The number of rotatable bonds is 2. The number of aliphatic hydroxyl groups is 2. The van der Waals surface area contributed by atoms with Gasteiger partial charge in [-0.05, 0) is 17.7 Å². The highest BCUT2D eigenvalue weighted by Gasteiger charge is 2.18. The van der Waals surface area contributed by atoms with E-state index in [1.54, 1.807) is 0 Å². The smallest absolute Gasteiger partial charge is 0.170 e. The molecule has 2 atom stereocenters. The molecule has 74 valence electrons. The predicted molar refractivity (Wildman–Crippen MR) is 42.9 cm³/mol. The first-order valence-corrected chi connectivity index (χ1v) is 3.77. The minimum atomic E-state index is -1.65. The second-order valence-electron chi connectivity index (χ2n) is 2.69. The van der Waals surface area contributed by atoms with Gasteiger partial charge in [-0.2, -0.15) is 5.26 Å². The Morgan fingerprint density at radius 3 is 2.36 bits per heavy atom. The summed E-state index contributed by atoms with van der Waals surface area (Å²) >= 11 is 0. The Morgan fingerprint density at radius 2 is 1.86 bits per heavy atom. The molecule has 0 aliphatic rings. The molecular formula is C9H7F2NO2. The first-order valence-electron chi connectivity index (χ1n) is 3.77. The van der Waals surface area contributed by atoms with Crippen molar-refractivity contribution in [3.8, 4) is 6.07 Å². The Bertz CT molecular complexity index is 376. The SMILES string of the molecule is N#CC(O)C(O)c1ccc(F)c(F)c1. The quantitative estimate of drug-likeness (QED) is 0.695. The molecule has 2 unspecified atom stereocenters. The lowest BCUT2D eigenvalue weighted by Gasteiger charge is -2.11. The number of benzene rings is 1. The zero-order valence-corrected chi connectivity index (χ0v) is 6.98. The van der Waals surface area contributed by atoms with Gasteiger partial charge in [0.25, 0.3) is 0 Å². The van der Waals surface area contributed by atoms with Gasteiger partial charge in [-0.15, -0.1) is 0 Å². The summed E-state index contributed by atoms with van der Waals surface area (Å²) in [6.07, 6.45) is -3.19. The van der Waals surface area contributed by atoms with Crippen molar-refractivity contribution >= 4 is 0 Å². The molecule has 0 aliphatic carbocycles. The van der Waals surface area contributed by atoms with Crippen molar-refractivity contribution in [2.45, 2.75) is 12.2 Å². The van der Waals surface area contributed by atoms with Gasteiger partial charge in [0.2, 0.25) is 0 Å². The van der Waals surface area contributed by atoms with Crippen LogP contribution in [0.15, 0.2) is 18.2 Å². The van der Waals surface area contributed by atoms with Crippen LogP contribution in [-0.4, -0.2) is 16.3 Å². The summed E-state index contributed by atoms with van der Waals surface area (Å²) < 4.78 is 25.1. The first kappa shape index (κ1) is 10.6. The molecule has 0 saturated heterocycles. The summed E-state index contributed by atoms with van der Waals surface area (Å²) in [5, 5.41) is 26.4. The third-order valence-electron chi connectivity index (χ3n) is 1.72. The topological polar surface area (TPSA) is 64.2 Å². The summed E-state index contributed by atoms with van der Waals surface area (Å²) in [4.78, 5) is 0. The fraction of sp³-hybridized carbons (Fsp3) is 0.222. The van der Waals surface area contributed by atoms with Crippen LogP contribution in [0.2, 0.25) is 0 Å². The molecule has 3 nitrogen and oxygen atoms in total. The van der Waals surface area contributed by atoms with Crippen molar-refractivity contribution in [1.29, 1.82) is 5.26 Å². The second kappa shape index (κ2) is 4.13. The van der Waals surface area contributed by atoms with E-state index in [2.05, 4.69) is 0 Å². The molecule has 1 rings (SSSR count). The summed E-state index contributed by atoms with van der Waals surface area (Å²) in [6.45, 7) is 0. The maximum absolute atomic E-state index is 12.7. The van der Waals surface area contributed by atoms with E-state index in [1.165, 1.54) is 6.07 Å². The van der Waals surface area contributed by atoms with Crippen LogP contribution in [0.1, 0.15) is 11.7 Å². The van der Waals surface area contributed by atoms with Crippen molar-refractivity contribution in [2.24, 2.45) is 0 Å². The zero-order chi connectivity index (χ0) is 10.7. The minimum Gasteiger partial charge on any atom is -0.385 e. The van der Waals surface area contributed by atoms with E-state index in [0.29, 0.717) is 0 Å². The van der Waals surface area contributed by atoms with Crippen LogP contribution in [0.3, 0.4) is 0 Å². The molecule has 0 radical (unpaired) electrons. The number of nitrogens with zero attached hydrogens (tertiary/aromatic N) is 1. The molecule has 0 saturated carbocycles. The van der Waals surface area contributed by atoms with Crippen LogP contribution in [-0.2, 0) is 0 Å². The van der Waals surface area contributed by atoms with E-state index in [4.69, 9.17) is 10.4 Å². The molecule has 0 bridgehead atoms. The Kier molecular flexibility index (Phi) is 3.12. The lowest BCUT2D eigenvalue weighted by molar-refractivity contribution is 0.0525. The normalized spacial score (nSPS) is 14.5. The van der Waals surface area contributed by atoms with Crippen LogP contribution in [0, 0.1) is 23.0 Å².